The second kappa shape index (κ2) is 24.7. The summed E-state index contributed by atoms with van der Waals surface area (Å²) in [4.78, 5) is 67.3. The van der Waals surface area contributed by atoms with E-state index in [-0.39, 0.29) is 23.6 Å². The monoisotopic (exact) mass is 1130 g/mol. The molecule has 8 aromatic rings. The van der Waals surface area contributed by atoms with Crippen LogP contribution in [0, 0.1) is 11.8 Å². The standard InChI is InChI=1S/C72H65N5O4S2/c1-3-5-7-9-11-21-45-75-67(61-43-41-59(82-61)50-35-31-48(32-36-50)29-30-49-33-38-54(39-34-49)77(52-23-15-13-16-24-52)53-25-17-14-18-26-53)65-66(72(75)81)68(76(71(65)80)46-22-12-10-8-6-4-2)62-44-42-60(83-62)51-37-40-56-58(47-51)74-70(79)64(56)63-55-27-19-20-28-57(55)73-69(63)78/h13-20,23-28,31-44,47H,3-12,21-22,45-46H2,1-2H3,(H,73,78)(H,74,79)/b64-63+. The fourth-order valence-electron chi connectivity index (χ4n) is 11.8. The van der Waals surface area contributed by atoms with Crippen molar-refractivity contribution in [3.8, 4) is 32.7 Å². The van der Waals surface area contributed by atoms with Crippen LogP contribution < -0.4 is 15.5 Å². The summed E-state index contributed by atoms with van der Waals surface area (Å²) in [6.45, 7) is 5.47. The minimum Gasteiger partial charge on any atom is -0.321 e. The Hall–Kier alpha value is -8.82. The van der Waals surface area contributed by atoms with Crippen molar-refractivity contribution >= 4 is 97.3 Å². The molecule has 6 aromatic carbocycles. The van der Waals surface area contributed by atoms with E-state index in [0.29, 0.717) is 69.3 Å². The molecule has 2 aromatic heterocycles. The van der Waals surface area contributed by atoms with E-state index in [0.717, 1.165) is 123 Å². The molecule has 12 rings (SSSR count). The lowest BCUT2D eigenvalue weighted by molar-refractivity contribution is -0.124. The summed E-state index contributed by atoms with van der Waals surface area (Å²) in [6.07, 6.45) is 12.9. The third-order valence-corrected chi connectivity index (χ3v) is 18.3. The lowest BCUT2D eigenvalue weighted by atomic mass is 9.95. The largest absolute Gasteiger partial charge is 0.321 e. The smallest absolute Gasteiger partial charge is 0.261 e. The number of carbonyl (C=O) groups excluding carboxylic acids is 4. The van der Waals surface area contributed by atoms with Gasteiger partial charge >= 0.3 is 0 Å². The molecule has 11 heteroatoms. The lowest BCUT2D eigenvalue weighted by Crippen LogP contribution is -2.30. The number of thiophene rings is 2. The van der Waals surface area contributed by atoms with Crippen molar-refractivity contribution in [1.29, 1.82) is 0 Å². The maximum absolute atomic E-state index is 15.3. The highest BCUT2D eigenvalue weighted by Crippen LogP contribution is 2.51. The van der Waals surface area contributed by atoms with Gasteiger partial charge in [0.2, 0.25) is 0 Å². The highest BCUT2D eigenvalue weighted by Gasteiger charge is 2.49. The van der Waals surface area contributed by atoms with Crippen LogP contribution in [0.15, 0.2) is 187 Å². The van der Waals surface area contributed by atoms with Crippen LogP contribution in [-0.2, 0) is 19.2 Å². The number of benzene rings is 6. The van der Waals surface area contributed by atoms with Crippen molar-refractivity contribution in [2.24, 2.45) is 0 Å². The maximum atomic E-state index is 15.3. The third-order valence-electron chi connectivity index (χ3n) is 16.0. The molecule has 0 unspecified atom stereocenters. The SMILES string of the molecule is CCCCCCCCN1C(=O)C2=C(c3ccc(-c4ccc5c(c4)NC(=O)/C5=C4/C(=O)Nc5ccccc54)s3)N(CCCCCCCC)C(=O)C2=C1c1ccc(-c2ccc(C#Cc3ccc(N(c4ccccc4)c4ccccc4)cc3)cc2)s1. The number of unbranched alkanes of at least 4 members (excludes halogenated alkanes) is 10. The van der Waals surface area contributed by atoms with Crippen LogP contribution in [0.5, 0.6) is 0 Å². The van der Waals surface area contributed by atoms with Crippen molar-refractivity contribution < 1.29 is 19.2 Å². The molecule has 6 heterocycles. The Morgan fingerprint density at radius 3 is 1.36 bits per heavy atom. The summed E-state index contributed by atoms with van der Waals surface area (Å²) in [7, 11) is 0. The molecule has 0 fully saturated rings. The number of hydrogen-bond acceptors (Lipinski definition) is 7. The van der Waals surface area contributed by atoms with Crippen molar-refractivity contribution in [3.05, 3.63) is 219 Å². The zero-order valence-corrected chi connectivity index (χ0v) is 48.6. The minimum absolute atomic E-state index is 0.122. The highest BCUT2D eigenvalue weighted by molar-refractivity contribution is 7.17. The van der Waals surface area contributed by atoms with Gasteiger partial charge < -0.3 is 25.3 Å². The Bertz CT molecular complexity index is 3890. The van der Waals surface area contributed by atoms with Crippen LogP contribution in [0.1, 0.15) is 123 Å². The van der Waals surface area contributed by atoms with E-state index >= 15 is 9.59 Å². The Morgan fingerprint density at radius 2 is 0.819 bits per heavy atom. The number of amides is 4. The van der Waals surface area contributed by atoms with Crippen LogP contribution in [0.3, 0.4) is 0 Å². The van der Waals surface area contributed by atoms with Crippen molar-refractivity contribution in [2.45, 2.75) is 90.9 Å². The summed E-state index contributed by atoms with van der Waals surface area (Å²) in [5, 5.41) is 5.94. The van der Waals surface area contributed by atoms with Gasteiger partial charge in [-0.15, -0.1) is 22.7 Å². The molecule has 2 N–H and O–H groups in total. The van der Waals surface area contributed by atoms with E-state index in [2.05, 4.69) is 150 Å². The van der Waals surface area contributed by atoms with Gasteiger partial charge in [-0.25, -0.2) is 0 Å². The van der Waals surface area contributed by atoms with Crippen molar-refractivity contribution in [2.75, 3.05) is 28.6 Å². The van der Waals surface area contributed by atoms with Gasteiger partial charge in [0.05, 0.1) is 43.4 Å². The fraction of sp³-hybridized carbons (Fsp3) is 0.222. The molecule has 0 atom stereocenters. The van der Waals surface area contributed by atoms with Crippen molar-refractivity contribution in [1.82, 2.24) is 9.80 Å². The molecule has 4 aliphatic rings. The zero-order chi connectivity index (χ0) is 56.8. The molecule has 0 saturated carbocycles. The molecule has 0 bridgehead atoms. The van der Waals surface area contributed by atoms with E-state index < -0.39 is 0 Å². The van der Waals surface area contributed by atoms with Gasteiger partial charge in [0, 0.05) is 73.5 Å². The van der Waals surface area contributed by atoms with Crippen LogP contribution in [0.4, 0.5) is 28.4 Å². The number of hydrogen-bond donors (Lipinski definition) is 2. The normalized spacial score (nSPS) is 15.2. The average molecular weight is 1130 g/mol. The Morgan fingerprint density at radius 1 is 0.398 bits per heavy atom. The molecule has 4 amide bonds. The third kappa shape index (κ3) is 11.2. The summed E-state index contributed by atoms with van der Waals surface area (Å²) >= 11 is 3.16. The first kappa shape index (κ1) is 54.8. The molecule has 9 nitrogen and oxygen atoms in total. The van der Waals surface area contributed by atoms with Gasteiger partial charge in [-0.1, -0.05) is 169 Å². The average Bonchev–Trinajstić information content (AvgIpc) is 3.49. The van der Waals surface area contributed by atoms with E-state index in [1.54, 1.807) is 22.7 Å². The summed E-state index contributed by atoms with van der Waals surface area (Å²) in [5.41, 5.74) is 12.7. The van der Waals surface area contributed by atoms with Crippen molar-refractivity contribution in [3.63, 3.8) is 0 Å². The van der Waals surface area contributed by atoms with Gasteiger partial charge in [0.1, 0.15) is 0 Å². The van der Waals surface area contributed by atoms with Gasteiger partial charge in [0.15, 0.2) is 0 Å². The topological polar surface area (TPSA) is 102 Å². The molecular weight excluding hydrogens is 1060 g/mol. The molecule has 83 heavy (non-hydrogen) atoms. The highest BCUT2D eigenvalue weighted by atomic mass is 32.1. The first-order valence-electron chi connectivity index (χ1n) is 29.3. The first-order valence-corrected chi connectivity index (χ1v) is 31.0. The van der Waals surface area contributed by atoms with Gasteiger partial charge in [-0.3, -0.25) is 19.2 Å². The summed E-state index contributed by atoms with van der Waals surface area (Å²) in [6, 6.07) is 58.9. The number of nitrogens with zero attached hydrogens (tertiary/aromatic N) is 3. The number of para-hydroxylation sites is 3. The fourth-order valence-corrected chi connectivity index (χ4v) is 13.9. The predicted octanol–water partition coefficient (Wildman–Crippen LogP) is 17.4. The minimum atomic E-state index is -0.321. The molecule has 4 aliphatic heterocycles. The summed E-state index contributed by atoms with van der Waals surface area (Å²) < 4.78 is 0. The molecule has 0 saturated heterocycles. The van der Waals surface area contributed by atoms with Gasteiger partial charge in [-0.2, -0.15) is 0 Å². The first-order chi connectivity index (χ1) is 40.8. The molecule has 414 valence electrons. The molecule has 0 radical (unpaired) electrons. The lowest BCUT2D eigenvalue weighted by Gasteiger charge is -2.25. The molecule has 0 aliphatic carbocycles. The van der Waals surface area contributed by atoms with Gasteiger partial charge in [-0.05, 0) is 121 Å². The second-order valence-electron chi connectivity index (χ2n) is 21.6. The number of anilines is 5. The van der Waals surface area contributed by atoms with E-state index in [9.17, 15) is 9.59 Å². The number of carbonyl (C=O) groups is 4. The van der Waals surface area contributed by atoms with E-state index in [1.165, 1.54) is 12.8 Å². The van der Waals surface area contributed by atoms with Gasteiger partial charge in [0.25, 0.3) is 23.6 Å². The second-order valence-corrected chi connectivity index (χ2v) is 23.7. The Labute approximate surface area is 494 Å². The number of rotatable bonds is 21. The van der Waals surface area contributed by atoms with Crippen LogP contribution in [0.2, 0.25) is 0 Å². The predicted molar refractivity (Wildman–Crippen MR) is 341 cm³/mol. The Balaban J connectivity index is 0.846. The van der Waals surface area contributed by atoms with E-state index in [4.69, 9.17) is 0 Å². The van der Waals surface area contributed by atoms with Crippen LogP contribution in [-0.4, -0.2) is 46.5 Å². The Kier molecular flexibility index (Phi) is 16.3. The van der Waals surface area contributed by atoms with E-state index in [1.807, 2.05) is 76.5 Å². The van der Waals surface area contributed by atoms with Crippen LogP contribution in [0.25, 0.3) is 43.4 Å². The molecule has 0 spiro atoms. The zero-order valence-electron chi connectivity index (χ0n) is 46.9. The summed E-state index contributed by atoms with van der Waals surface area (Å²) in [5.74, 6) is 5.89. The number of nitrogens with one attached hydrogen (secondary N) is 2. The maximum Gasteiger partial charge on any atom is 0.261 e. The number of fused-ring (bicyclic) bond motifs is 3. The van der Waals surface area contributed by atoms with Crippen LogP contribution >= 0.6 is 22.7 Å². The molecular formula is C72H65N5O4S2. The quantitative estimate of drug-likeness (QED) is 0.0424.